The van der Waals surface area contributed by atoms with Crippen molar-refractivity contribution < 1.29 is 33.4 Å². The number of anilines is 1. The Morgan fingerprint density at radius 1 is 0.917 bits per heavy atom. The first-order chi connectivity index (χ1) is 17.3. The Bertz CT molecular complexity index is 1400. The van der Waals surface area contributed by atoms with Crippen molar-refractivity contribution in [3.05, 3.63) is 87.9 Å². The number of nitrogens with one attached hydrogen (secondary N) is 1. The Balaban J connectivity index is 1.62. The van der Waals surface area contributed by atoms with Crippen LogP contribution in [0.5, 0.6) is 17.2 Å². The highest BCUT2D eigenvalue weighted by Gasteiger charge is 2.37. The van der Waals surface area contributed by atoms with Crippen LogP contribution >= 0.6 is 15.9 Å². The Kier molecular flexibility index (Phi) is 7.16. The third-order valence-corrected chi connectivity index (χ3v) is 5.72. The second-order valence-corrected chi connectivity index (χ2v) is 8.38. The number of nitrogens with zero attached hydrogens (tertiary/aromatic N) is 1. The number of amides is 4. The first-order valence-corrected chi connectivity index (χ1v) is 11.3. The summed E-state index contributed by atoms with van der Waals surface area (Å²) in [4.78, 5) is 51.4. The summed E-state index contributed by atoms with van der Waals surface area (Å²) < 4.78 is 16.8. The molecule has 9 nitrogen and oxygen atoms in total. The number of urea groups is 1. The predicted molar refractivity (Wildman–Crippen MR) is 134 cm³/mol. The monoisotopic (exact) mass is 550 g/mol. The SMILES string of the molecule is COc1cccc(N2C(=O)NC(=O)/C(=C\c3ccc(OC(=O)c4ccc(Br)cc4)c(OC)c3)C2=O)c1. The molecule has 0 aliphatic carbocycles. The molecule has 1 aliphatic heterocycles. The summed E-state index contributed by atoms with van der Waals surface area (Å²) in [7, 11) is 2.85. The highest BCUT2D eigenvalue weighted by atomic mass is 79.9. The van der Waals surface area contributed by atoms with E-state index >= 15 is 0 Å². The van der Waals surface area contributed by atoms with Crippen molar-refractivity contribution >= 4 is 51.5 Å². The van der Waals surface area contributed by atoms with E-state index in [-0.39, 0.29) is 22.8 Å². The number of ether oxygens (including phenoxy) is 3. The number of hydrogen-bond donors (Lipinski definition) is 1. The zero-order chi connectivity index (χ0) is 25.8. The number of rotatable bonds is 6. The van der Waals surface area contributed by atoms with Crippen molar-refractivity contribution in [2.75, 3.05) is 19.1 Å². The van der Waals surface area contributed by atoms with E-state index in [0.717, 1.165) is 9.37 Å². The molecule has 0 unspecified atom stereocenters. The number of imide groups is 2. The average molecular weight is 551 g/mol. The molecule has 1 fully saturated rings. The molecule has 0 saturated carbocycles. The lowest BCUT2D eigenvalue weighted by Crippen LogP contribution is -2.54. The van der Waals surface area contributed by atoms with Crippen LogP contribution in [0, 0.1) is 0 Å². The molecule has 0 aromatic heterocycles. The van der Waals surface area contributed by atoms with E-state index in [1.54, 1.807) is 48.5 Å². The van der Waals surface area contributed by atoms with Crippen molar-refractivity contribution in [2.45, 2.75) is 0 Å². The summed E-state index contributed by atoms with van der Waals surface area (Å²) in [5.74, 6) is -1.43. The highest BCUT2D eigenvalue weighted by molar-refractivity contribution is 9.10. The van der Waals surface area contributed by atoms with Crippen LogP contribution in [0.1, 0.15) is 15.9 Å². The summed E-state index contributed by atoms with van der Waals surface area (Å²) in [6.45, 7) is 0. The molecule has 1 heterocycles. The number of benzene rings is 3. The maximum atomic E-state index is 13.1. The van der Waals surface area contributed by atoms with Gasteiger partial charge in [0.1, 0.15) is 11.3 Å². The third kappa shape index (κ3) is 5.13. The van der Waals surface area contributed by atoms with Crippen molar-refractivity contribution in [2.24, 2.45) is 0 Å². The minimum Gasteiger partial charge on any atom is -0.497 e. The first-order valence-electron chi connectivity index (χ1n) is 10.5. The molecule has 0 spiro atoms. The van der Waals surface area contributed by atoms with E-state index in [1.165, 1.54) is 38.5 Å². The maximum Gasteiger partial charge on any atom is 0.343 e. The molecule has 0 bridgehead atoms. The second kappa shape index (κ2) is 10.4. The number of halogens is 1. The summed E-state index contributed by atoms with van der Waals surface area (Å²) in [6, 6.07) is 16.7. The van der Waals surface area contributed by atoms with Gasteiger partial charge < -0.3 is 14.2 Å². The summed E-state index contributed by atoms with van der Waals surface area (Å²) in [5, 5.41) is 2.17. The fourth-order valence-electron chi connectivity index (χ4n) is 3.41. The van der Waals surface area contributed by atoms with Gasteiger partial charge in [-0.05, 0) is 60.2 Å². The van der Waals surface area contributed by atoms with Crippen LogP contribution in [0.2, 0.25) is 0 Å². The van der Waals surface area contributed by atoms with Gasteiger partial charge in [0, 0.05) is 10.5 Å². The van der Waals surface area contributed by atoms with Gasteiger partial charge >= 0.3 is 12.0 Å². The number of methoxy groups -OCH3 is 2. The minimum atomic E-state index is -0.872. The van der Waals surface area contributed by atoms with Crippen LogP contribution in [0.25, 0.3) is 6.08 Å². The van der Waals surface area contributed by atoms with Crippen molar-refractivity contribution in [1.29, 1.82) is 0 Å². The minimum absolute atomic E-state index is 0.153. The largest absolute Gasteiger partial charge is 0.497 e. The number of hydrogen-bond acceptors (Lipinski definition) is 7. The molecule has 1 aliphatic rings. The van der Waals surface area contributed by atoms with Gasteiger partial charge in [-0.3, -0.25) is 14.9 Å². The lowest BCUT2D eigenvalue weighted by atomic mass is 10.1. The van der Waals surface area contributed by atoms with Crippen LogP contribution in [0.4, 0.5) is 10.5 Å². The van der Waals surface area contributed by atoms with Crippen LogP contribution in [0.3, 0.4) is 0 Å². The molecule has 3 aromatic rings. The zero-order valence-corrected chi connectivity index (χ0v) is 20.7. The predicted octanol–water partition coefficient (Wildman–Crippen LogP) is 4.35. The van der Waals surface area contributed by atoms with Crippen molar-refractivity contribution in [3.63, 3.8) is 0 Å². The van der Waals surface area contributed by atoms with Gasteiger partial charge in [-0.2, -0.15) is 0 Å². The van der Waals surface area contributed by atoms with E-state index in [2.05, 4.69) is 21.2 Å². The van der Waals surface area contributed by atoms with Gasteiger partial charge in [-0.15, -0.1) is 0 Å². The number of carbonyl (C=O) groups excluding carboxylic acids is 4. The Hall–Kier alpha value is -4.44. The van der Waals surface area contributed by atoms with E-state index in [0.29, 0.717) is 16.9 Å². The average Bonchev–Trinajstić information content (AvgIpc) is 2.87. The Morgan fingerprint density at radius 2 is 1.67 bits per heavy atom. The molecule has 10 heteroatoms. The molecule has 0 radical (unpaired) electrons. The Morgan fingerprint density at radius 3 is 2.36 bits per heavy atom. The van der Waals surface area contributed by atoms with Crippen LogP contribution < -0.4 is 24.4 Å². The number of carbonyl (C=O) groups is 4. The molecular formula is C26H19BrN2O7. The van der Waals surface area contributed by atoms with E-state index in [1.807, 2.05) is 0 Å². The summed E-state index contributed by atoms with van der Waals surface area (Å²) in [6.07, 6.45) is 1.32. The van der Waals surface area contributed by atoms with Crippen LogP contribution in [-0.4, -0.2) is 38.0 Å². The lowest BCUT2D eigenvalue weighted by Gasteiger charge is -2.26. The number of barbiturate groups is 1. The van der Waals surface area contributed by atoms with Gasteiger partial charge in [0.05, 0.1) is 25.5 Å². The van der Waals surface area contributed by atoms with Crippen LogP contribution in [0.15, 0.2) is 76.8 Å². The standard InChI is InChI=1S/C26H19BrN2O7/c1-34-19-5-3-4-18(14-19)29-24(31)20(23(30)28-26(29)33)12-15-6-11-21(22(13-15)35-2)36-25(32)16-7-9-17(27)10-8-16/h3-14H,1-2H3,(H,28,30,33)/b20-12+. The van der Waals surface area contributed by atoms with E-state index in [4.69, 9.17) is 14.2 Å². The fraction of sp³-hybridized carbons (Fsp3) is 0.0769. The molecule has 4 rings (SSSR count). The zero-order valence-electron chi connectivity index (χ0n) is 19.1. The smallest absolute Gasteiger partial charge is 0.343 e. The molecule has 3 aromatic carbocycles. The quantitative estimate of drug-likeness (QED) is 0.210. The summed E-state index contributed by atoms with van der Waals surface area (Å²) in [5.41, 5.74) is 0.731. The molecule has 1 N–H and O–H groups in total. The molecule has 1 saturated heterocycles. The van der Waals surface area contributed by atoms with E-state index in [9.17, 15) is 19.2 Å². The highest BCUT2D eigenvalue weighted by Crippen LogP contribution is 2.31. The van der Waals surface area contributed by atoms with Gasteiger partial charge in [-0.25, -0.2) is 14.5 Å². The van der Waals surface area contributed by atoms with Gasteiger partial charge in [0.15, 0.2) is 11.5 Å². The first kappa shape index (κ1) is 24.7. The van der Waals surface area contributed by atoms with Crippen molar-refractivity contribution in [3.8, 4) is 17.2 Å². The van der Waals surface area contributed by atoms with Gasteiger partial charge in [-0.1, -0.05) is 28.1 Å². The molecular weight excluding hydrogens is 532 g/mol. The lowest BCUT2D eigenvalue weighted by molar-refractivity contribution is -0.122. The summed E-state index contributed by atoms with van der Waals surface area (Å²) >= 11 is 3.31. The number of esters is 1. The molecule has 36 heavy (non-hydrogen) atoms. The Labute approximate surface area is 214 Å². The topological polar surface area (TPSA) is 111 Å². The van der Waals surface area contributed by atoms with E-state index < -0.39 is 23.8 Å². The maximum absolute atomic E-state index is 13.1. The normalized spacial score (nSPS) is 14.5. The van der Waals surface area contributed by atoms with Crippen molar-refractivity contribution in [1.82, 2.24) is 5.32 Å². The van der Waals surface area contributed by atoms with Crippen LogP contribution in [-0.2, 0) is 9.59 Å². The molecule has 4 amide bonds. The van der Waals surface area contributed by atoms with Gasteiger partial charge in [0.25, 0.3) is 11.8 Å². The molecule has 182 valence electrons. The third-order valence-electron chi connectivity index (χ3n) is 5.19. The second-order valence-electron chi connectivity index (χ2n) is 7.47. The molecule has 0 atom stereocenters. The van der Waals surface area contributed by atoms with Gasteiger partial charge in [0.2, 0.25) is 0 Å². The fourth-order valence-corrected chi connectivity index (χ4v) is 3.68.